The molecule has 1 aliphatic carbocycles. The molecule has 2 aromatic heterocycles. The van der Waals surface area contributed by atoms with E-state index in [0.29, 0.717) is 12.1 Å². The van der Waals surface area contributed by atoms with E-state index in [0.717, 1.165) is 23.2 Å². The second-order valence-corrected chi connectivity index (χ2v) is 6.76. The molecule has 0 saturated heterocycles. The van der Waals surface area contributed by atoms with Gasteiger partial charge in [-0.2, -0.15) is 5.10 Å². The van der Waals surface area contributed by atoms with Crippen LogP contribution in [0, 0.1) is 25.7 Å². The van der Waals surface area contributed by atoms with Gasteiger partial charge in [0.2, 0.25) is 0 Å². The third kappa shape index (κ3) is 2.57. The summed E-state index contributed by atoms with van der Waals surface area (Å²) in [7, 11) is 0. The van der Waals surface area contributed by atoms with Crippen LogP contribution >= 0.6 is 0 Å². The molecule has 2 aromatic rings. The van der Waals surface area contributed by atoms with Crippen molar-refractivity contribution in [3.63, 3.8) is 0 Å². The number of hydrogen-bond acceptors (Lipinski definition) is 3. The Hall–Kier alpha value is -1.42. The van der Waals surface area contributed by atoms with Crippen LogP contribution < -0.4 is 5.32 Å². The number of nitrogens with zero attached hydrogens (tertiary/aromatic N) is 3. The summed E-state index contributed by atoms with van der Waals surface area (Å²) in [6.07, 6.45) is 4.62. The molecule has 21 heavy (non-hydrogen) atoms. The summed E-state index contributed by atoms with van der Waals surface area (Å²) in [5, 5.41) is 8.35. The average molecular weight is 286 g/mol. The van der Waals surface area contributed by atoms with E-state index < -0.39 is 0 Å². The summed E-state index contributed by atoms with van der Waals surface area (Å²) < 4.78 is 1.96. The van der Waals surface area contributed by atoms with E-state index in [1.807, 2.05) is 23.7 Å². The Morgan fingerprint density at radius 2 is 2.05 bits per heavy atom. The standard InChI is InChI=1S/C17H26N4/c1-10-6-7-16(12(10)3)19-13(4)15-9-18-17-8-11(2)20-21(17)14(15)5/h8-10,12-13,16,19H,6-7H2,1-5H3. The maximum absolute atomic E-state index is 4.55. The molecule has 0 bridgehead atoms. The largest absolute Gasteiger partial charge is 0.307 e. The van der Waals surface area contributed by atoms with Crippen molar-refractivity contribution in [3.8, 4) is 0 Å². The second-order valence-electron chi connectivity index (χ2n) is 6.76. The first-order chi connectivity index (χ1) is 9.97. The minimum Gasteiger partial charge on any atom is -0.307 e. The van der Waals surface area contributed by atoms with Crippen LogP contribution in [0.15, 0.2) is 12.3 Å². The van der Waals surface area contributed by atoms with Gasteiger partial charge in [-0.05, 0) is 45.4 Å². The van der Waals surface area contributed by atoms with Crippen LogP contribution in [0.25, 0.3) is 5.65 Å². The zero-order chi connectivity index (χ0) is 15.1. The van der Waals surface area contributed by atoms with Crippen LogP contribution in [-0.4, -0.2) is 20.6 Å². The predicted molar refractivity (Wildman–Crippen MR) is 85.4 cm³/mol. The molecule has 0 amide bonds. The van der Waals surface area contributed by atoms with E-state index in [4.69, 9.17) is 0 Å². The monoisotopic (exact) mass is 286 g/mol. The van der Waals surface area contributed by atoms with Crippen molar-refractivity contribution < 1.29 is 0 Å². The fraction of sp³-hybridized carbons (Fsp3) is 0.647. The van der Waals surface area contributed by atoms with Crippen molar-refractivity contribution >= 4 is 5.65 Å². The van der Waals surface area contributed by atoms with Gasteiger partial charge in [-0.1, -0.05) is 13.8 Å². The van der Waals surface area contributed by atoms with Gasteiger partial charge in [0.25, 0.3) is 0 Å². The number of aryl methyl sites for hydroxylation is 2. The molecule has 4 unspecified atom stereocenters. The summed E-state index contributed by atoms with van der Waals surface area (Å²) >= 11 is 0. The molecule has 0 aromatic carbocycles. The SMILES string of the molecule is Cc1cc2ncc(C(C)NC3CCC(C)C3C)c(C)n2n1. The Kier molecular flexibility index (Phi) is 3.74. The van der Waals surface area contributed by atoms with Crippen molar-refractivity contribution in [1.29, 1.82) is 0 Å². The molecular formula is C17H26N4. The Bertz CT molecular complexity index is 646. The first-order valence-corrected chi connectivity index (χ1v) is 8.05. The second kappa shape index (κ2) is 5.41. The summed E-state index contributed by atoms with van der Waals surface area (Å²) in [5.74, 6) is 1.57. The molecule has 0 radical (unpaired) electrons. The number of hydrogen-bond donors (Lipinski definition) is 1. The minimum absolute atomic E-state index is 0.309. The van der Waals surface area contributed by atoms with E-state index in [1.54, 1.807) is 0 Å². The lowest BCUT2D eigenvalue weighted by Gasteiger charge is -2.25. The Balaban J connectivity index is 1.84. The summed E-state index contributed by atoms with van der Waals surface area (Å²) in [6, 6.07) is 2.95. The maximum atomic E-state index is 4.55. The zero-order valence-corrected chi connectivity index (χ0v) is 13.7. The third-order valence-electron chi connectivity index (χ3n) is 5.28. The van der Waals surface area contributed by atoms with E-state index in [2.05, 4.69) is 43.1 Å². The fourth-order valence-corrected chi connectivity index (χ4v) is 3.61. The first-order valence-electron chi connectivity index (χ1n) is 8.05. The van der Waals surface area contributed by atoms with Gasteiger partial charge >= 0.3 is 0 Å². The van der Waals surface area contributed by atoms with Crippen molar-refractivity contribution in [1.82, 2.24) is 19.9 Å². The topological polar surface area (TPSA) is 42.2 Å². The average Bonchev–Trinajstić information content (AvgIpc) is 2.96. The van der Waals surface area contributed by atoms with Gasteiger partial charge in [-0.15, -0.1) is 0 Å². The fourth-order valence-electron chi connectivity index (χ4n) is 3.61. The maximum Gasteiger partial charge on any atom is 0.155 e. The highest BCUT2D eigenvalue weighted by Gasteiger charge is 2.30. The molecule has 4 heteroatoms. The molecule has 114 valence electrons. The van der Waals surface area contributed by atoms with Crippen molar-refractivity contribution in [2.24, 2.45) is 11.8 Å². The highest BCUT2D eigenvalue weighted by atomic mass is 15.3. The van der Waals surface area contributed by atoms with E-state index in [9.17, 15) is 0 Å². The first kappa shape index (κ1) is 14.5. The molecule has 0 spiro atoms. The molecule has 2 heterocycles. The molecule has 1 N–H and O–H groups in total. The van der Waals surface area contributed by atoms with Gasteiger partial charge in [0.1, 0.15) is 0 Å². The molecule has 3 rings (SSSR count). The number of fused-ring (bicyclic) bond motifs is 1. The highest BCUT2D eigenvalue weighted by molar-refractivity contribution is 5.42. The van der Waals surface area contributed by atoms with Crippen LogP contribution in [-0.2, 0) is 0 Å². The van der Waals surface area contributed by atoms with Gasteiger partial charge in [0, 0.05) is 35.6 Å². The summed E-state index contributed by atoms with van der Waals surface area (Å²) in [6.45, 7) is 11.1. The molecule has 1 aliphatic rings. The van der Waals surface area contributed by atoms with Crippen LogP contribution in [0.3, 0.4) is 0 Å². The van der Waals surface area contributed by atoms with Gasteiger partial charge in [0.15, 0.2) is 5.65 Å². The van der Waals surface area contributed by atoms with Crippen molar-refractivity contribution in [3.05, 3.63) is 29.2 Å². The quantitative estimate of drug-likeness (QED) is 0.940. The summed E-state index contributed by atoms with van der Waals surface area (Å²) in [5.41, 5.74) is 4.38. The van der Waals surface area contributed by atoms with E-state index >= 15 is 0 Å². The van der Waals surface area contributed by atoms with Crippen molar-refractivity contribution in [2.45, 2.75) is 59.5 Å². The van der Waals surface area contributed by atoms with Crippen LogP contribution in [0.5, 0.6) is 0 Å². The zero-order valence-electron chi connectivity index (χ0n) is 13.7. The van der Waals surface area contributed by atoms with Crippen LogP contribution in [0.4, 0.5) is 0 Å². The number of rotatable bonds is 3. The number of nitrogens with one attached hydrogen (secondary N) is 1. The molecule has 1 saturated carbocycles. The van der Waals surface area contributed by atoms with Gasteiger partial charge < -0.3 is 5.32 Å². The van der Waals surface area contributed by atoms with Gasteiger partial charge in [0.05, 0.1) is 5.69 Å². The van der Waals surface area contributed by atoms with E-state index in [1.165, 1.54) is 24.1 Å². The Labute approximate surface area is 127 Å². The lowest BCUT2D eigenvalue weighted by molar-refractivity contribution is 0.346. The lowest BCUT2D eigenvalue weighted by atomic mass is 9.96. The highest BCUT2D eigenvalue weighted by Crippen LogP contribution is 2.32. The van der Waals surface area contributed by atoms with Crippen molar-refractivity contribution in [2.75, 3.05) is 0 Å². The molecule has 4 nitrogen and oxygen atoms in total. The molecule has 0 aliphatic heterocycles. The van der Waals surface area contributed by atoms with E-state index in [-0.39, 0.29) is 0 Å². The predicted octanol–water partition coefficient (Wildman–Crippen LogP) is 3.43. The third-order valence-corrected chi connectivity index (χ3v) is 5.28. The van der Waals surface area contributed by atoms with Gasteiger partial charge in [-0.25, -0.2) is 9.50 Å². The number of aromatic nitrogens is 3. The Morgan fingerprint density at radius 1 is 1.29 bits per heavy atom. The molecule has 4 atom stereocenters. The van der Waals surface area contributed by atoms with Crippen LogP contribution in [0.2, 0.25) is 0 Å². The minimum atomic E-state index is 0.309. The molecule has 1 fully saturated rings. The normalized spacial score (nSPS) is 27.4. The Morgan fingerprint density at radius 3 is 2.71 bits per heavy atom. The smallest absolute Gasteiger partial charge is 0.155 e. The molecular weight excluding hydrogens is 260 g/mol. The van der Waals surface area contributed by atoms with Crippen LogP contribution in [0.1, 0.15) is 56.6 Å². The summed E-state index contributed by atoms with van der Waals surface area (Å²) in [4.78, 5) is 4.55. The lowest BCUT2D eigenvalue weighted by Crippen LogP contribution is -2.35. The van der Waals surface area contributed by atoms with Gasteiger partial charge in [-0.3, -0.25) is 0 Å².